The van der Waals surface area contributed by atoms with E-state index in [9.17, 15) is 8.42 Å². The van der Waals surface area contributed by atoms with Gasteiger partial charge in [0.15, 0.2) is 0 Å². The van der Waals surface area contributed by atoms with Crippen molar-refractivity contribution >= 4 is 21.4 Å². The zero-order valence-electron chi connectivity index (χ0n) is 13.8. The van der Waals surface area contributed by atoms with E-state index in [0.717, 1.165) is 23.5 Å². The quantitative estimate of drug-likeness (QED) is 0.841. The summed E-state index contributed by atoms with van der Waals surface area (Å²) in [5.41, 5.74) is 0.961. The van der Waals surface area contributed by atoms with Gasteiger partial charge < -0.3 is 4.74 Å². The molecule has 3 rings (SSSR count). The maximum atomic E-state index is 12.5. The Balaban J connectivity index is 1.63. The van der Waals surface area contributed by atoms with Crippen LogP contribution in [0.2, 0.25) is 0 Å². The Hall–Kier alpha value is -1.29. The second kappa shape index (κ2) is 7.30. The minimum atomic E-state index is -3.56. The number of ether oxygens (including phenoxy) is 1. The maximum absolute atomic E-state index is 12.5. The summed E-state index contributed by atoms with van der Waals surface area (Å²) in [4.78, 5) is 4.61. The van der Waals surface area contributed by atoms with Crippen LogP contribution in [0.5, 0.6) is 0 Å². The van der Waals surface area contributed by atoms with E-state index >= 15 is 0 Å². The average Bonchev–Trinajstić information content (AvgIpc) is 3.23. The van der Waals surface area contributed by atoms with Crippen LogP contribution in [-0.2, 0) is 14.8 Å². The largest absolute Gasteiger partial charge is 0.381 e. The van der Waals surface area contributed by atoms with Gasteiger partial charge >= 0.3 is 0 Å². The van der Waals surface area contributed by atoms with Crippen LogP contribution in [0, 0.1) is 6.92 Å². The summed E-state index contributed by atoms with van der Waals surface area (Å²) in [6, 6.07) is 0.208. The second-order valence-electron chi connectivity index (χ2n) is 6.08. The molecule has 1 N–H and O–H groups in total. The summed E-state index contributed by atoms with van der Waals surface area (Å²) in [6.07, 6.45) is 4.73. The van der Waals surface area contributed by atoms with Crippen LogP contribution in [0.1, 0.15) is 42.4 Å². The van der Waals surface area contributed by atoms with Crippen LogP contribution < -0.4 is 4.72 Å². The van der Waals surface area contributed by atoms with Gasteiger partial charge in [-0.25, -0.2) is 18.1 Å². The van der Waals surface area contributed by atoms with Crippen molar-refractivity contribution in [3.05, 3.63) is 28.5 Å². The van der Waals surface area contributed by atoms with Crippen LogP contribution in [-0.4, -0.2) is 42.9 Å². The highest BCUT2D eigenvalue weighted by Crippen LogP contribution is 2.22. The Kier molecular flexibility index (Phi) is 5.33. The normalized spacial score (nSPS) is 17.9. The molecule has 0 amide bonds. The Morgan fingerprint density at radius 1 is 1.46 bits per heavy atom. The molecule has 0 radical (unpaired) electrons. The summed E-state index contributed by atoms with van der Waals surface area (Å²) < 4.78 is 34.7. The molecule has 0 aromatic carbocycles. The van der Waals surface area contributed by atoms with Crippen LogP contribution in [0.3, 0.4) is 0 Å². The topological polar surface area (TPSA) is 86.1 Å². The van der Waals surface area contributed by atoms with Gasteiger partial charge in [0.25, 0.3) is 0 Å². The van der Waals surface area contributed by atoms with Gasteiger partial charge in [-0.05, 0) is 19.8 Å². The first-order chi connectivity index (χ1) is 11.5. The van der Waals surface area contributed by atoms with Gasteiger partial charge in [-0.3, -0.25) is 4.68 Å². The van der Waals surface area contributed by atoms with Gasteiger partial charge in [0.2, 0.25) is 10.0 Å². The molecule has 2 aromatic heterocycles. The van der Waals surface area contributed by atoms with E-state index in [1.807, 2.05) is 19.2 Å². The minimum absolute atomic E-state index is 0.0315. The number of aromatic nitrogens is 3. The molecule has 0 unspecified atom stereocenters. The van der Waals surface area contributed by atoms with E-state index in [1.165, 1.54) is 6.20 Å². The third-order valence-corrected chi connectivity index (χ3v) is 6.66. The smallest absolute Gasteiger partial charge is 0.243 e. The van der Waals surface area contributed by atoms with Gasteiger partial charge in [0.1, 0.15) is 4.90 Å². The van der Waals surface area contributed by atoms with E-state index < -0.39 is 10.0 Å². The predicted octanol–water partition coefficient (Wildman–Crippen LogP) is 2.08. The monoisotopic (exact) mass is 370 g/mol. The minimum Gasteiger partial charge on any atom is -0.381 e. The molecule has 1 saturated heterocycles. The van der Waals surface area contributed by atoms with Crippen molar-refractivity contribution < 1.29 is 13.2 Å². The number of nitrogens with zero attached hydrogens (tertiary/aromatic N) is 3. The lowest BCUT2D eigenvalue weighted by Gasteiger charge is -2.22. The van der Waals surface area contributed by atoms with Crippen molar-refractivity contribution in [1.29, 1.82) is 0 Å². The van der Waals surface area contributed by atoms with Gasteiger partial charge in [0.05, 0.1) is 17.2 Å². The average molecular weight is 371 g/mol. The third-order valence-electron chi connectivity index (χ3n) is 4.09. The fourth-order valence-electron chi connectivity index (χ4n) is 2.61. The van der Waals surface area contributed by atoms with E-state index in [1.54, 1.807) is 22.2 Å². The van der Waals surface area contributed by atoms with Crippen LogP contribution >= 0.6 is 11.3 Å². The number of sulfonamides is 1. The second-order valence-corrected chi connectivity index (χ2v) is 8.74. The molecular formula is C15H22N4O3S2. The first kappa shape index (κ1) is 17.5. The molecule has 3 heterocycles. The Labute approximate surface area is 146 Å². The number of hydrogen-bond acceptors (Lipinski definition) is 6. The lowest BCUT2D eigenvalue weighted by atomic mass is 10.1. The van der Waals surface area contributed by atoms with Crippen molar-refractivity contribution in [2.75, 3.05) is 19.8 Å². The zero-order chi connectivity index (χ0) is 17.2. The number of rotatable bonds is 6. The molecule has 0 spiro atoms. The lowest BCUT2D eigenvalue weighted by molar-refractivity contribution is 0.0662. The van der Waals surface area contributed by atoms with Gasteiger partial charge in [-0.2, -0.15) is 5.10 Å². The molecular weight excluding hydrogens is 348 g/mol. The van der Waals surface area contributed by atoms with Crippen molar-refractivity contribution in [3.8, 4) is 0 Å². The molecule has 1 aliphatic rings. The fraction of sp³-hybridized carbons (Fsp3) is 0.600. The summed E-state index contributed by atoms with van der Waals surface area (Å²) in [6.45, 7) is 5.59. The number of hydrogen-bond donors (Lipinski definition) is 1. The summed E-state index contributed by atoms with van der Waals surface area (Å²) >= 11 is 1.55. The first-order valence-corrected chi connectivity index (χ1v) is 10.4. The first-order valence-electron chi connectivity index (χ1n) is 7.99. The molecule has 0 aliphatic carbocycles. The molecule has 9 heteroatoms. The highest BCUT2D eigenvalue weighted by molar-refractivity contribution is 7.89. The van der Waals surface area contributed by atoms with Crippen LogP contribution in [0.25, 0.3) is 0 Å². The van der Waals surface area contributed by atoms with Gasteiger partial charge in [0, 0.05) is 42.9 Å². The maximum Gasteiger partial charge on any atom is 0.243 e. The number of aryl methyl sites for hydroxylation is 1. The zero-order valence-corrected chi connectivity index (χ0v) is 15.4. The highest BCUT2D eigenvalue weighted by Gasteiger charge is 2.22. The van der Waals surface area contributed by atoms with E-state index in [-0.39, 0.29) is 16.9 Å². The Bertz CT molecular complexity index is 778. The van der Waals surface area contributed by atoms with Gasteiger partial charge in [-0.15, -0.1) is 11.3 Å². The number of nitrogens with one attached hydrogen (secondary N) is 1. The predicted molar refractivity (Wildman–Crippen MR) is 91.8 cm³/mol. The standard InChI is InChI=1S/C15H22N4O3S2/c1-11(15-18-12(2)10-23-15)7-17-24(20,21)14-8-16-19(9-14)13-3-5-22-6-4-13/h8-11,13,17H,3-7H2,1-2H3/t11-/m1/s1. The molecule has 2 aromatic rings. The van der Waals surface area contributed by atoms with Crippen molar-refractivity contribution in [1.82, 2.24) is 19.5 Å². The molecule has 0 bridgehead atoms. The fourth-order valence-corrected chi connectivity index (χ4v) is 4.54. The Morgan fingerprint density at radius 2 is 2.21 bits per heavy atom. The number of thiazole rings is 1. The molecule has 1 aliphatic heterocycles. The van der Waals surface area contributed by atoms with Crippen molar-refractivity contribution in [2.45, 2.75) is 43.5 Å². The SMILES string of the molecule is Cc1csc([C@H](C)CNS(=O)(=O)c2cnn(C3CCOCC3)c2)n1. The highest BCUT2D eigenvalue weighted by atomic mass is 32.2. The van der Waals surface area contributed by atoms with E-state index in [2.05, 4.69) is 14.8 Å². The molecule has 0 saturated carbocycles. The van der Waals surface area contributed by atoms with E-state index in [0.29, 0.717) is 19.8 Å². The van der Waals surface area contributed by atoms with E-state index in [4.69, 9.17) is 4.74 Å². The van der Waals surface area contributed by atoms with Gasteiger partial charge in [-0.1, -0.05) is 6.92 Å². The molecule has 7 nitrogen and oxygen atoms in total. The summed E-state index contributed by atoms with van der Waals surface area (Å²) in [5.74, 6) is 0.0315. The van der Waals surface area contributed by atoms with Crippen LogP contribution in [0.4, 0.5) is 0 Å². The molecule has 24 heavy (non-hydrogen) atoms. The molecule has 1 atom stereocenters. The Morgan fingerprint density at radius 3 is 2.88 bits per heavy atom. The summed E-state index contributed by atoms with van der Waals surface area (Å²) in [5, 5.41) is 7.13. The van der Waals surface area contributed by atoms with Crippen molar-refractivity contribution in [2.24, 2.45) is 0 Å². The summed E-state index contributed by atoms with van der Waals surface area (Å²) in [7, 11) is -3.56. The van der Waals surface area contributed by atoms with Crippen LogP contribution in [0.15, 0.2) is 22.7 Å². The molecule has 132 valence electrons. The van der Waals surface area contributed by atoms with Crippen molar-refractivity contribution in [3.63, 3.8) is 0 Å². The third kappa shape index (κ3) is 4.02. The molecule has 1 fully saturated rings. The lowest BCUT2D eigenvalue weighted by Crippen LogP contribution is -2.27.